The van der Waals surface area contributed by atoms with Crippen LogP contribution in [0.15, 0.2) is 0 Å². The highest BCUT2D eigenvalue weighted by molar-refractivity contribution is 5.13. The molecule has 4 fully saturated rings. The molecule has 0 heterocycles. The van der Waals surface area contributed by atoms with E-state index in [1.54, 1.807) is 25.7 Å². The van der Waals surface area contributed by atoms with Gasteiger partial charge in [-0.25, -0.2) is 0 Å². The van der Waals surface area contributed by atoms with Gasteiger partial charge in [-0.3, -0.25) is 0 Å². The molecule has 1 atom stereocenters. The summed E-state index contributed by atoms with van der Waals surface area (Å²) >= 11 is 0. The van der Waals surface area contributed by atoms with Crippen LogP contribution in [0.2, 0.25) is 0 Å². The molecule has 3 bridgehead atoms. The van der Waals surface area contributed by atoms with E-state index in [-0.39, 0.29) is 0 Å². The normalized spacial score (nSPS) is 57.0. The molecule has 4 aliphatic rings. The third-order valence-corrected chi connectivity index (χ3v) is 5.69. The van der Waals surface area contributed by atoms with Crippen molar-refractivity contribution in [3.05, 3.63) is 0 Å². The molecule has 0 radical (unpaired) electrons. The minimum atomic E-state index is 0.656. The van der Waals surface area contributed by atoms with Gasteiger partial charge in [0, 0.05) is 0 Å². The number of rotatable bonds is 0. The molecule has 0 aromatic heterocycles. The van der Waals surface area contributed by atoms with Crippen LogP contribution in [0.5, 0.6) is 0 Å². The lowest BCUT2D eigenvalue weighted by Crippen LogP contribution is -2.59. The number of hydrogen-bond acceptors (Lipinski definition) is 0. The Balaban J connectivity index is 1.98. The van der Waals surface area contributed by atoms with Gasteiger partial charge in [-0.15, -0.1) is 0 Å². The highest BCUT2D eigenvalue weighted by Crippen LogP contribution is 2.73. The lowest BCUT2D eigenvalue weighted by molar-refractivity contribution is -0.189. The molecule has 4 aliphatic carbocycles. The highest BCUT2D eigenvalue weighted by Gasteiger charge is 2.63. The van der Waals surface area contributed by atoms with E-state index in [1.165, 1.54) is 12.8 Å². The molecule has 0 aromatic carbocycles. The summed E-state index contributed by atoms with van der Waals surface area (Å²) in [6, 6.07) is 0. The minimum absolute atomic E-state index is 0.656. The van der Waals surface area contributed by atoms with Crippen LogP contribution in [0.1, 0.15) is 59.3 Å². The summed E-state index contributed by atoms with van der Waals surface area (Å²) in [5.41, 5.74) is 2.18. The van der Waals surface area contributed by atoms with Gasteiger partial charge < -0.3 is 0 Å². The zero-order chi connectivity index (χ0) is 9.32. The van der Waals surface area contributed by atoms with Gasteiger partial charge in [0.25, 0.3) is 0 Å². The average molecular weight is 178 g/mol. The third kappa shape index (κ3) is 0.877. The maximum Gasteiger partial charge on any atom is -0.0236 e. The van der Waals surface area contributed by atoms with E-state index in [9.17, 15) is 0 Å². The van der Waals surface area contributed by atoms with E-state index in [2.05, 4.69) is 20.8 Å². The van der Waals surface area contributed by atoms with Crippen LogP contribution >= 0.6 is 0 Å². The maximum absolute atomic E-state index is 2.54. The highest BCUT2D eigenvalue weighted by atomic mass is 14.7. The predicted octanol–water partition coefficient (Wildman–Crippen LogP) is 4.00. The Hall–Kier alpha value is 0. The van der Waals surface area contributed by atoms with Crippen LogP contribution in [0.25, 0.3) is 0 Å². The fourth-order valence-corrected chi connectivity index (χ4v) is 4.78. The Morgan fingerprint density at radius 1 is 0.923 bits per heavy atom. The van der Waals surface area contributed by atoms with Crippen molar-refractivity contribution in [1.82, 2.24) is 0 Å². The summed E-state index contributed by atoms with van der Waals surface area (Å²) in [6.07, 6.45) is 9.20. The van der Waals surface area contributed by atoms with Crippen molar-refractivity contribution >= 4 is 0 Å². The molecule has 0 heteroatoms. The van der Waals surface area contributed by atoms with Crippen molar-refractivity contribution in [2.45, 2.75) is 59.3 Å². The zero-order valence-corrected chi connectivity index (χ0v) is 9.32. The average Bonchev–Trinajstić information content (AvgIpc) is 1.97. The molecular formula is C13H22. The van der Waals surface area contributed by atoms with Crippen LogP contribution in [0, 0.1) is 22.2 Å². The van der Waals surface area contributed by atoms with Crippen molar-refractivity contribution < 1.29 is 0 Å². The molecule has 1 spiro atoms. The van der Waals surface area contributed by atoms with Gasteiger partial charge in [-0.05, 0) is 60.7 Å². The summed E-state index contributed by atoms with van der Waals surface area (Å²) in [5, 5.41) is 0. The van der Waals surface area contributed by atoms with Gasteiger partial charge in [-0.2, -0.15) is 0 Å². The van der Waals surface area contributed by atoms with Crippen LogP contribution in [-0.2, 0) is 0 Å². The largest absolute Gasteiger partial charge is 0.0596 e. The van der Waals surface area contributed by atoms with Gasteiger partial charge in [-0.1, -0.05) is 20.8 Å². The molecule has 4 rings (SSSR count). The Bertz CT molecular complexity index is 245. The molecule has 0 aromatic rings. The van der Waals surface area contributed by atoms with E-state index in [0.717, 1.165) is 16.7 Å². The molecule has 0 N–H and O–H groups in total. The lowest BCUT2D eigenvalue weighted by Gasteiger charge is -2.69. The number of hydrogen-bond donors (Lipinski definition) is 0. The van der Waals surface area contributed by atoms with Gasteiger partial charge in [0.05, 0.1) is 0 Å². The second kappa shape index (κ2) is 1.99. The van der Waals surface area contributed by atoms with Crippen LogP contribution in [-0.4, -0.2) is 0 Å². The van der Waals surface area contributed by atoms with Crippen LogP contribution < -0.4 is 0 Å². The summed E-state index contributed by atoms with van der Waals surface area (Å²) in [6.45, 7) is 7.59. The van der Waals surface area contributed by atoms with Gasteiger partial charge in [0.2, 0.25) is 0 Å². The monoisotopic (exact) mass is 178 g/mol. The van der Waals surface area contributed by atoms with E-state index in [0.29, 0.717) is 5.41 Å². The molecule has 4 saturated carbocycles. The van der Waals surface area contributed by atoms with Gasteiger partial charge >= 0.3 is 0 Å². The van der Waals surface area contributed by atoms with Crippen molar-refractivity contribution in [3.63, 3.8) is 0 Å². The molecule has 0 amide bonds. The summed E-state index contributed by atoms with van der Waals surface area (Å²) in [5.74, 6) is 1.11. The predicted molar refractivity (Wildman–Crippen MR) is 55.5 cm³/mol. The first kappa shape index (κ1) is 8.32. The Labute approximate surface area is 82.1 Å². The van der Waals surface area contributed by atoms with Crippen LogP contribution in [0.3, 0.4) is 0 Å². The molecule has 13 heavy (non-hydrogen) atoms. The van der Waals surface area contributed by atoms with E-state index in [1.807, 2.05) is 0 Å². The van der Waals surface area contributed by atoms with Gasteiger partial charge in [0.1, 0.15) is 0 Å². The topological polar surface area (TPSA) is 0 Å². The fourth-order valence-electron chi connectivity index (χ4n) is 4.78. The minimum Gasteiger partial charge on any atom is -0.0596 e. The third-order valence-electron chi connectivity index (χ3n) is 5.69. The second-order valence-corrected chi connectivity index (χ2v) is 7.13. The smallest absolute Gasteiger partial charge is 0.0236 e. The van der Waals surface area contributed by atoms with Crippen molar-refractivity contribution in [2.75, 3.05) is 0 Å². The Kier molecular flexibility index (Phi) is 1.27. The molecule has 0 saturated heterocycles. The van der Waals surface area contributed by atoms with E-state index < -0.39 is 0 Å². The molecule has 0 nitrogen and oxygen atoms in total. The molecule has 1 unspecified atom stereocenters. The maximum atomic E-state index is 2.54. The van der Waals surface area contributed by atoms with E-state index >= 15 is 0 Å². The lowest BCUT2D eigenvalue weighted by atomic mass is 9.36. The summed E-state index contributed by atoms with van der Waals surface area (Å²) in [7, 11) is 0. The molecule has 74 valence electrons. The first-order chi connectivity index (χ1) is 5.95. The Morgan fingerprint density at radius 3 is 2.23 bits per heavy atom. The fraction of sp³-hybridized carbons (Fsp3) is 1.00. The zero-order valence-electron chi connectivity index (χ0n) is 9.32. The first-order valence-corrected chi connectivity index (χ1v) is 5.95. The first-order valence-electron chi connectivity index (χ1n) is 5.95. The summed E-state index contributed by atoms with van der Waals surface area (Å²) < 4.78 is 0. The van der Waals surface area contributed by atoms with Crippen molar-refractivity contribution in [1.29, 1.82) is 0 Å². The van der Waals surface area contributed by atoms with Crippen molar-refractivity contribution in [2.24, 2.45) is 22.2 Å². The van der Waals surface area contributed by atoms with Crippen molar-refractivity contribution in [3.8, 4) is 0 Å². The Morgan fingerprint density at radius 2 is 1.62 bits per heavy atom. The summed E-state index contributed by atoms with van der Waals surface area (Å²) in [4.78, 5) is 0. The van der Waals surface area contributed by atoms with Gasteiger partial charge in [0.15, 0.2) is 0 Å². The quantitative estimate of drug-likeness (QED) is 0.526. The standard InChI is InChI=1S/C13H22/c1-11(2)4-5-12(3)6-10-7-13(11,8-10)9-12/h10H,4-9H2,1-3H3. The molecular weight excluding hydrogens is 156 g/mol. The van der Waals surface area contributed by atoms with Crippen LogP contribution in [0.4, 0.5) is 0 Å². The second-order valence-electron chi connectivity index (χ2n) is 7.13. The SMILES string of the molecule is CC12CCC(C)(C)C3(CC(C1)C3)C2. The van der Waals surface area contributed by atoms with E-state index in [4.69, 9.17) is 0 Å². The molecule has 0 aliphatic heterocycles.